The Balaban J connectivity index is 1.38. The van der Waals surface area contributed by atoms with Crippen molar-refractivity contribution in [3.05, 3.63) is 58.1 Å². The summed E-state index contributed by atoms with van der Waals surface area (Å²) in [6.07, 6.45) is 1.65. The molecule has 5 rings (SSSR count). The molecule has 0 radical (unpaired) electrons. The van der Waals surface area contributed by atoms with Crippen LogP contribution < -0.4 is 5.32 Å². The summed E-state index contributed by atoms with van der Waals surface area (Å²) in [5.41, 5.74) is 1.87. The maximum atomic E-state index is 14.1. The Morgan fingerprint density at radius 3 is 2.66 bits per heavy atom. The van der Waals surface area contributed by atoms with Gasteiger partial charge in [-0.2, -0.15) is 0 Å². The lowest BCUT2D eigenvalue weighted by atomic mass is 10.0. The fourth-order valence-electron chi connectivity index (χ4n) is 4.55. The van der Waals surface area contributed by atoms with Gasteiger partial charge in [0.2, 0.25) is 5.95 Å². The van der Waals surface area contributed by atoms with Crippen LogP contribution in [0.2, 0.25) is 0 Å². The Labute approximate surface area is 206 Å². The third kappa shape index (κ3) is 4.53. The minimum Gasteiger partial charge on any atom is -0.379 e. The molecule has 1 amide bonds. The summed E-state index contributed by atoms with van der Waals surface area (Å²) in [7, 11) is 0. The summed E-state index contributed by atoms with van der Waals surface area (Å²) >= 11 is 1.55. The van der Waals surface area contributed by atoms with Gasteiger partial charge in [0.1, 0.15) is 11.6 Å². The summed E-state index contributed by atoms with van der Waals surface area (Å²) in [6, 6.07) is 5.18. The molecule has 0 bridgehead atoms. The summed E-state index contributed by atoms with van der Waals surface area (Å²) in [6.45, 7) is 10.8. The summed E-state index contributed by atoms with van der Waals surface area (Å²) in [4.78, 5) is 28.3. The molecule has 35 heavy (non-hydrogen) atoms. The van der Waals surface area contributed by atoms with Crippen LogP contribution in [-0.2, 0) is 10.3 Å². The predicted molar refractivity (Wildman–Crippen MR) is 131 cm³/mol. The standard InChI is InChI=1S/C25H27F2N5O2S/c1-15-14-28-24(29-19-5-4-16(26)12-18(19)27)30-21(15)20-13-17-22(35-20)25(2,3)32(23(17)33)7-6-31-8-10-34-11-9-31/h4-5,12-14H,6-11H2,1-3H3,(H,28,29,30). The Morgan fingerprint density at radius 2 is 1.94 bits per heavy atom. The van der Waals surface area contributed by atoms with Crippen molar-refractivity contribution in [1.82, 2.24) is 19.8 Å². The van der Waals surface area contributed by atoms with Gasteiger partial charge in [0.05, 0.1) is 40.6 Å². The van der Waals surface area contributed by atoms with Crippen LogP contribution >= 0.6 is 11.3 Å². The fourth-order valence-corrected chi connectivity index (χ4v) is 5.87. The molecule has 0 aliphatic carbocycles. The van der Waals surface area contributed by atoms with E-state index in [1.165, 1.54) is 12.1 Å². The molecule has 1 fully saturated rings. The van der Waals surface area contributed by atoms with Gasteiger partial charge >= 0.3 is 0 Å². The highest BCUT2D eigenvalue weighted by Gasteiger charge is 2.45. The zero-order chi connectivity index (χ0) is 24.7. The Bertz CT molecular complexity index is 1270. The summed E-state index contributed by atoms with van der Waals surface area (Å²) < 4.78 is 32.7. The van der Waals surface area contributed by atoms with Crippen molar-refractivity contribution in [3.63, 3.8) is 0 Å². The van der Waals surface area contributed by atoms with Crippen molar-refractivity contribution >= 4 is 28.9 Å². The maximum absolute atomic E-state index is 14.1. The molecule has 1 aromatic carbocycles. The van der Waals surface area contributed by atoms with Crippen molar-refractivity contribution in [2.24, 2.45) is 0 Å². The highest BCUT2D eigenvalue weighted by Crippen LogP contribution is 2.46. The van der Waals surface area contributed by atoms with Gasteiger partial charge in [0, 0.05) is 43.3 Å². The van der Waals surface area contributed by atoms with Crippen LogP contribution in [0.4, 0.5) is 20.4 Å². The van der Waals surface area contributed by atoms with Gasteiger partial charge in [0.15, 0.2) is 0 Å². The third-order valence-electron chi connectivity index (χ3n) is 6.56. The Kier molecular flexibility index (Phi) is 6.29. The van der Waals surface area contributed by atoms with E-state index in [9.17, 15) is 13.6 Å². The molecule has 10 heteroatoms. The number of thiophene rings is 1. The van der Waals surface area contributed by atoms with Crippen molar-refractivity contribution in [3.8, 4) is 10.6 Å². The van der Waals surface area contributed by atoms with Gasteiger partial charge in [-0.25, -0.2) is 18.7 Å². The van der Waals surface area contributed by atoms with E-state index in [4.69, 9.17) is 4.74 Å². The third-order valence-corrected chi connectivity index (χ3v) is 8.02. The van der Waals surface area contributed by atoms with E-state index in [1.807, 2.05) is 17.9 Å². The van der Waals surface area contributed by atoms with Crippen LogP contribution in [0.5, 0.6) is 0 Å². The Hall–Kier alpha value is -2.95. The number of carbonyl (C=O) groups is 1. The minimum absolute atomic E-state index is 0.0270. The first-order chi connectivity index (χ1) is 16.7. The second-order valence-corrected chi connectivity index (χ2v) is 10.3. The van der Waals surface area contributed by atoms with Gasteiger partial charge in [-0.05, 0) is 44.5 Å². The molecule has 3 aromatic rings. The lowest BCUT2D eigenvalue weighted by Crippen LogP contribution is -2.46. The Morgan fingerprint density at radius 1 is 1.17 bits per heavy atom. The monoisotopic (exact) mass is 499 g/mol. The zero-order valence-electron chi connectivity index (χ0n) is 19.9. The number of hydrogen-bond donors (Lipinski definition) is 1. The summed E-state index contributed by atoms with van der Waals surface area (Å²) in [5.74, 6) is -1.16. The van der Waals surface area contributed by atoms with Crippen molar-refractivity contribution < 1.29 is 18.3 Å². The van der Waals surface area contributed by atoms with Gasteiger partial charge < -0.3 is 15.0 Å². The molecule has 0 saturated carbocycles. The molecule has 1 N–H and O–H groups in total. The lowest BCUT2D eigenvalue weighted by molar-refractivity contribution is 0.0263. The fraction of sp³-hybridized carbons (Fsp3) is 0.400. The number of aromatic nitrogens is 2. The van der Waals surface area contributed by atoms with E-state index >= 15 is 0 Å². The topological polar surface area (TPSA) is 70.6 Å². The number of rotatable bonds is 6. The minimum atomic E-state index is -0.727. The molecule has 2 aromatic heterocycles. The molecule has 4 heterocycles. The van der Waals surface area contributed by atoms with Gasteiger partial charge in [0.25, 0.3) is 5.91 Å². The highest BCUT2D eigenvalue weighted by molar-refractivity contribution is 7.16. The zero-order valence-corrected chi connectivity index (χ0v) is 20.7. The molecule has 0 atom stereocenters. The van der Waals surface area contributed by atoms with Crippen LogP contribution in [0.25, 0.3) is 10.6 Å². The van der Waals surface area contributed by atoms with Crippen molar-refractivity contribution in [2.75, 3.05) is 44.7 Å². The number of nitrogens with zero attached hydrogens (tertiary/aromatic N) is 4. The molecule has 0 unspecified atom stereocenters. The van der Waals surface area contributed by atoms with Crippen LogP contribution in [0.1, 0.15) is 34.6 Å². The number of hydrogen-bond acceptors (Lipinski definition) is 7. The molecule has 1 saturated heterocycles. The number of nitrogens with one attached hydrogen (secondary N) is 1. The molecule has 184 valence electrons. The number of carbonyl (C=O) groups excluding carboxylic acids is 1. The molecular weight excluding hydrogens is 472 g/mol. The van der Waals surface area contributed by atoms with E-state index in [0.29, 0.717) is 17.8 Å². The smallest absolute Gasteiger partial charge is 0.255 e. The van der Waals surface area contributed by atoms with E-state index < -0.39 is 17.2 Å². The molecule has 2 aliphatic heterocycles. The van der Waals surface area contributed by atoms with E-state index in [0.717, 1.165) is 54.2 Å². The second kappa shape index (κ2) is 9.25. The maximum Gasteiger partial charge on any atom is 0.255 e. The highest BCUT2D eigenvalue weighted by atomic mass is 32.1. The van der Waals surface area contributed by atoms with Gasteiger partial charge in [-0.1, -0.05) is 0 Å². The van der Waals surface area contributed by atoms with Gasteiger partial charge in [-0.3, -0.25) is 9.69 Å². The number of amides is 1. The molecule has 0 spiro atoms. The largest absolute Gasteiger partial charge is 0.379 e. The summed E-state index contributed by atoms with van der Waals surface area (Å²) in [5, 5.41) is 2.82. The normalized spacial score (nSPS) is 17.6. The number of aryl methyl sites for hydroxylation is 1. The predicted octanol–water partition coefficient (Wildman–Crippen LogP) is 4.56. The number of fused-ring (bicyclic) bond motifs is 1. The first-order valence-electron chi connectivity index (χ1n) is 11.6. The van der Waals surface area contributed by atoms with E-state index in [-0.39, 0.29) is 17.5 Å². The van der Waals surface area contributed by atoms with E-state index in [2.05, 4.69) is 34.0 Å². The average molecular weight is 500 g/mol. The van der Waals surface area contributed by atoms with Crippen LogP contribution in [0.3, 0.4) is 0 Å². The quantitative estimate of drug-likeness (QED) is 0.536. The molecule has 7 nitrogen and oxygen atoms in total. The van der Waals surface area contributed by atoms with Crippen molar-refractivity contribution in [1.29, 1.82) is 0 Å². The van der Waals surface area contributed by atoms with Crippen LogP contribution in [-0.4, -0.2) is 65.1 Å². The second-order valence-electron chi connectivity index (χ2n) is 9.30. The van der Waals surface area contributed by atoms with Crippen LogP contribution in [0, 0.1) is 18.6 Å². The average Bonchev–Trinajstić information content (AvgIpc) is 3.35. The number of anilines is 2. The van der Waals surface area contributed by atoms with Crippen molar-refractivity contribution in [2.45, 2.75) is 26.3 Å². The number of morpholine rings is 1. The van der Waals surface area contributed by atoms with Gasteiger partial charge in [-0.15, -0.1) is 11.3 Å². The first-order valence-corrected chi connectivity index (χ1v) is 12.4. The van der Waals surface area contributed by atoms with E-state index in [1.54, 1.807) is 17.5 Å². The molecular formula is C25H27F2N5O2S. The first kappa shape index (κ1) is 23.8. The number of halogens is 2. The SMILES string of the molecule is Cc1cnc(Nc2ccc(F)cc2F)nc1-c1cc2c(s1)C(C)(C)N(CCN1CCOCC1)C2=O. The number of ether oxygens (including phenoxy) is 1. The van der Waals surface area contributed by atoms with Crippen LogP contribution in [0.15, 0.2) is 30.5 Å². The number of benzene rings is 1. The molecule has 2 aliphatic rings. The lowest BCUT2D eigenvalue weighted by Gasteiger charge is -2.35.